The smallest absolute Gasteiger partial charge is 0.309 e. The van der Waals surface area contributed by atoms with Crippen LogP contribution in [0.2, 0.25) is 0 Å². The Morgan fingerprint density at radius 2 is 1.52 bits per heavy atom. The number of ketones is 1. The average Bonchev–Trinajstić information content (AvgIpc) is 3.03. The van der Waals surface area contributed by atoms with Gasteiger partial charge < -0.3 is 38.0 Å². The second-order valence-electron chi connectivity index (χ2n) is 14.3. The maximum absolute atomic E-state index is 16.1. The molecule has 0 unspecified atom stereocenters. The van der Waals surface area contributed by atoms with E-state index in [9.17, 15) is 29.1 Å². The normalized spacial score (nSPS) is 12.3. The first-order valence-electron chi connectivity index (χ1n) is 16.1. The second-order valence-corrected chi connectivity index (χ2v) is 14.3. The van der Waals surface area contributed by atoms with Gasteiger partial charge in [0.15, 0.2) is 51.2 Å². The summed E-state index contributed by atoms with van der Waals surface area (Å²) in [5.74, 6) is -4.31. The monoisotopic (exact) mass is 724 g/mol. The lowest BCUT2D eigenvalue weighted by Gasteiger charge is -2.35. The molecule has 0 saturated heterocycles. The number of aliphatic carboxylic acids is 2. The highest BCUT2D eigenvalue weighted by Crippen LogP contribution is 2.41. The highest BCUT2D eigenvalue weighted by molar-refractivity contribution is 5.98. The summed E-state index contributed by atoms with van der Waals surface area (Å²) in [6.45, 7) is 10.0. The number of ether oxygens (including phenoxy) is 4. The molecule has 0 aliphatic rings. The van der Waals surface area contributed by atoms with E-state index in [-0.39, 0.29) is 64.8 Å². The summed E-state index contributed by atoms with van der Waals surface area (Å²) in [6, 6.07) is 6.42. The van der Waals surface area contributed by atoms with E-state index in [1.54, 1.807) is 26.0 Å². The first kappa shape index (κ1) is 39.1. The van der Waals surface area contributed by atoms with Crippen molar-refractivity contribution in [3.05, 3.63) is 74.2 Å². The fourth-order valence-corrected chi connectivity index (χ4v) is 5.87. The van der Waals surface area contributed by atoms with Crippen LogP contribution in [0.4, 0.5) is 4.39 Å². The molecule has 0 bridgehead atoms. The summed E-state index contributed by atoms with van der Waals surface area (Å²) in [6.07, 6.45) is 2.36. The Morgan fingerprint density at radius 1 is 0.846 bits per heavy atom. The number of fused-ring (bicyclic) bond motifs is 2. The molecule has 4 aromatic rings. The highest BCUT2D eigenvalue weighted by Gasteiger charge is 2.35. The number of methoxy groups -OCH3 is 2. The zero-order valence-corrected chi connectivity index (χ0v) is 30.1. The van der Waals surface area contributed by atoms with Gasteiger partial charge in [0.25, 0.3) is 0 Å². The number of rotatable bonds is 16. The van der Waals surface area contributed by atoms with Crippen LogP contribution in [0.1, 0.15) is 77.1 Å². The highest BCUT2D eigenvalue weighted by atomic mass is 19.1. The summed E-state index contributed by atoms with van der Waals surface area (Å²) in [5, 5.41) is 17.9. The summed E-state index contributed by atoms with van der Waals surface area (Å²) in [5.41, 5.74) is -4.48. The van der Waals surface area contributed by atoms with Crippen molar-refractivity contribution in [3.8, 4) is 23.0 Å². The van der Waals surface area contributed by atoms with Crippen LogP contribution >= 0.6 is 0 Å². The van der Waals surface area contributed by atoms with Crippen LogP contribution in [0.15, 0.2) is 54.8 Å². The van der Waals surface area contributed by atoms with Crippen LogP contribution < -0.4 is 29.8 Å². The van der Waals surface area contributed by atoms with Crippen LogP contribution in [0.25, 0.3) is 28.0 Å². The molecule has 14 heteroatoms. The van der Waals surface area contributed by atoms with Crippen molar-refractivity contribution >= 4 is 45.7 Å². The molecule has 2 N–H and O–H groups in total. The molecule has 0 radical (unpaired) electrons. The lowest BCUT2D eigenvalue weighted by molar-refractivity contribution is -0.146. The van der Waals surface area contributed by atoms with Crippen molar-refractivity contribution < 1.29 is 56.8 Å². The van der Waals surface area contributed by atoms with E-state index < -0.39 is 68.4 Å². The lowest BCUT2D eigenvalue weighted by atomic mass is 9.82. The van der Waals surface area contributed by atoms with Crippen molar-refractivity contribution in [1.29, 1.82) is 0 Å². The van der Waals surface area contributed by atoms with Gasteiger partial charge in [-0.05, 0) is 52.3 Å². The molecule has 2 heterocycles. The predicted octanol–water partition coefficient (Wildman–Crippen LogP) is 6.88. The molecule has 0 fully saturated rings. The van der Waals surface area contributed by atoms with Gasteiger partial charge in [-0.2, -0.15) is 0 Å². The predicted molar refractivity (Wildman–Crippen MR) is 188 cm³/mol. The molecular formula is C38H41FO13. The minimum Gasteiger partial charge on any atom is -0.493 e. The van der Waals surface area contributed by atoms with Crippen molar-refractivity contribution in [3.63, 3.8) is 0 Å². The standard InChI is InChI=1S/C38H41FO13/c1-36(2,19-49-25-13-12-24-31(33(25)48-8)21(40)14-20(50-24)10-9-11-29(43)44)18-38(5,6)52-34-28(47-7)16-27-30(32(34)39)22(41)15-26(51-27)23(42)17-37(3,4)35(45)46/h9-10,12-16H,11,17-19H2,1-8H3,(H,43,44)(H,45,46)/b10-9-. The van der Waals surface area contributed by atoms with Gasteiger partial charge in [0, 0.05) is 30.0 Å². The van der Waals surface area contributed by atoms with E-state index in [0.717, 1.165) is 6.07 Å². The molecule has 0 aliphatic heterocycles. The maximum Gasteiger partial charge on any atom is 0.309 e. The molecule has 2 aromatic heterocycles. The van der Waals surface area contributed by atoms with Gasteiger partial charge in [0.2, 0.25) is 0 Å². The molecule has 4 rings (SSSR count). The number of hydrogen-bond donors (Lipinski definition) is 2. The van der Waals surface area contributed by atoms with Gasteiger partial charge in [-0.1, -0.05) is 19.9 Å². The molecule has 2 aromatic carbocycles. The maximum atomic E-state index is 16.1. The van der Waals surface area contributed by atoms with Gasteiger partial charge in [-0.15, -0.1) is 0 Å². The second kappa shape index (κ2) is 14.9. The van der Waals surface area contributed by atoms with Crippen LogP contribution in [0, 0.1) is 16.6 Å². The Kier molecular flexibility index (Phi) is 11.2. The van der Waals surface area contributed by atoms with E-state index in [2.05, 4.69) is 0 Å². The van der Waals surface area contributed by atoms with Crippen LogP contribution in [0.5, 0.6) is 23.0 Å². The fraction of sp³-hybridized carbons (Fsp3) is 0.395. The van der Waals surface area contributed by atoms with Crippen LogP contribution in [-0.2, 0) is 9.59 Å². The van der Waals surface area contributed by atoms with Gasteiger partial charge in [-0.3, -0.25) is 24.0 Å². The summed E-state index contributed by atoms with van der Waals surface area (Å²) in [7, 11) is 2.66. The Bertz CT molecular complexity index is 2190. The topological polar surface area (TPSA) is 189 Å². The fourth-order valence-electron chi connectivity index (χ4n) is 5.87. The Hall–Kier alpha value is -5.66. The molecular weight excluding hydrogens is 683 g/mol. The average molecular weight is 725 g/mol. The lowest BCUT2D eigenvalue weighted by Crippen LogP contribution is -2.37. The van der Waals surface area contributed by atoms with Crippen LogP contribution in [-0.4, -0.2) is 54.4 Å². The van der Waals surface area contributed by atoms with Crippen molar-refractivity contribution in [2.24, 2.45) is 10.8 Å². The molecule has 0 aliphatic carbocycles. The van der Waals surface area contributed by atoms with E-state index in [1.807, 2.05) is 13.8 Å². The Labute approximate surface area is 297 Å². The van der Waals surface area contributed by atoms with Gasteiger partial charge in [0.05, 0.1) is 32.7 Å². The van der Waals surface area contributed by atoms with E-state index >= 15 is 4.39 Å². The van der Waals surface area contributed by atoms with Gasteiger partial charge in [-0.25, -0.2) is 4.39 Å². The summed E-state index contributed by atoms with van der Waals surface area (Å²) >= 11 is 0. The van der Waals surface area contributed by atoms with E-state index in [1.165, 1.54) is 52.4 Å². The number of hydrogen-bond acceptors (Lipinski definition) is 11. The zero-order chi connectivity index (χ0) is 38.8. The number of Topliss-reactive ketones (excluding diaryl/α,β-unsaturated/α-hetero) is 1. The molecule has 0 saturated carbocycles. The first-order valence-corrected chi connectivity index (χ1v) is 16.1. The van der Waals surface area contributed by atoms with Gasteiger partial charge >= 0.3 is 11.9 Å². The number of halogens is 1. The third-order valence-electron chi connectivity index (χ3n) is 8.07. The number of carbonyl (C=O) groups is 3. The zero-order valence-electron chi connectivity index (χ0n) is 30.1. The first-order chi connectivity index (χ1) is 24.2. The minimum atomic E-state index is -1.43. The van der Waals surface area contributed by atoms with Crippen molar-refractivity contribution in [2.75, 3.05) is 20.8 Å². The van der Waals surface area contributed by atoms with E-state index in [4.69, 9.17) is 32.9 Å². The molecule has 278 valence electrons. The molecule has 52 heavy (non-hydrogen) atoms. The largest absolute Gasteiger partial charge is 0.493 e. The number of carboxylic acids is 2. The van der Waals surface area contributed by atoms with Crippen molar-refractivity contribution in [1.82, 2.24) is 0 Å². The van der Waals surface area contributed by atoms with Gasteiger partial charge in [0.1, 0.15) is 33.3 Å². The quantitative estimate of drug-likeness (QED) is 0.114. The Morgan fingerprint density at radius 3 is 2.13 bits per heavy atom. The third-order valence-corrected chi connectivity index (χ3v) is 8.07. The molecule has 0 atom stereocenters. The number of benzene rings is 2. The molecule has 0 amide bonds. The van der Waals surface area contributed by atoms with E-state index in [0.29, 0.717) is 0 Å². The summed E-state index contributed by atoms with van der Waals surface area (Å²) in [4.78, 5) is 61.2. The molecule has 13 nitrogen and oxygen atoms in total. The summed E-state index contributed by atoms with van der Waals surface area (Å²) < 4.78 is 50.6. The number of carboxylic acid groups (broad SMARTS) is 2. The Balaban J connectivity index is 1.56. The number of carbonyl (C=O) groups excluding carboxylic acids is 1. The molecule has 0 spiro atoms. The SMILES string of the molecule is COc1cc2oc(C(=O)CC(C)(C)C(=O)O)cc(=O)c2c(F)c1OC(C)(C)CC(C)(C)COc1ccc2oc(/C=C\CC(=O)O)cc(=O)c2c1OC. The van der Waals surface area contributed by atoms with Crippen molar-refractivity contribution in [2.45, 2.75) is 66.4 Å². The third kappa shape index (κ3) is 8.79. The van der Waals surface area contributed by atoms with Crippen LogP contribution in [0.3, 0.4) is 0 Å². The minimum absolute atomic E-state index is 0.0966.